The SMILES string of the molecule is CC1(C)CC(NCc2ccnc(OC3CCOC3)c2)C(C)(C)O1. The summed E-state index contributed by atoms with van der Waals surface area (Å²) in [7, 11) is 0. The molecule has 3 heterocycles. The van der Waals surface area contributed by atoms with Gasteiger partial charge in [0, 0.05) is 31.3 Å². The number of rotatable bonds is 5. The minimum Gasteiger partial charge on any atom is -0.472 e. The Morgan fingerprint density at radius 1 is 1.35 bits per heavy atom. The average molecular weight is 320 g/mol. The lowest BCUT2D eigenvalue weighted by molar-refractivity contribution is -0.0699. The van der Waals surface area contributed by atoms with Gasteiger partial charge in [-0.2, -0.15) is 0 Å². The summed E-state index contributed by atoms with van der Waals surface area (Å²) in [4.78, 5) is 4.30. The van der Waals surface area contributed by atoms with Crippen LogP contribution >= 0.6 is 0 Å². The molecular weight excluding hydrogens is 292 g/mol. The van der Waals surface area contributed by atoms with Crippen molar-refractivity contribution in [2.45, 2.75) is 70.4 Å². The Morgan fingerprint density at radius 3 is 2.83 bits per heavy atom. The summed E-state index contributed by atoms with van der Waals surface area (Å²) in [5.41, 5.74) is 0.946. The van der Waals surface area contributed by atoms with Crippen molar-refractivity contribution >= 4 is 0 Å². The lowest BCUT2D eigenvalue weighted by atomic mass is 9.94. The first-order chi connectivity index (χ1) is 10.8. The molecule has 2 atom stereocenters. The summed E-state index contributed by atoms with van der Waals surface area (Å²) in [6.07, 6.45) is 3.89. The molecule has 0 aromatic carbocycles. The van der Waals surface area contributed by atoms with Crippen LogP contribution in [0, 0.1) is 0 Å². The summed E-state index contributed by atoms with van der Waals surface area (Å²) >= 11 is 0. The lowest BCUT2D eigenvalue weighted by Gasteiger charge is -2.28. The highest BCUT2D eigenvalue weighted by atomic mass is 16.5. The van der Waals surface area contributed by atoms with Gasteiger partial charge in [0.2, 0.25) is 5.88 Å². The third-order valence-corrected chi connectivity index (χ3v) is 4.60. The normalized spacial score (nSPS) is 28.9. The van der Waals surface area contributed by atoms with Gasteiger partial charge in [-0.05, 0) is 45.7 Å². The van der Waals surface area contributed by atoms with Gasteiger partial charge in [0.1, 0.15) is 6.10 Å². The fourth-order valence-electron chi connectivity index (χ4n) is 3.52. The molecule has 2 saturated heterocycles. The molecule has 2 unspecified atom stereocenters. The van der Waals surface area contributed by atoms with Crippen LogP contribution in [0.15, 0.2) is 18.3 Å². The van der Waals surface area contributed by atoms with Gasteiger partial charge in [-0.15, -0.1) is 0 Å². The molecule has 1 N–H and O–H groups in total. The van der Waals surface area contributed by atoms with Crippen LogP contribution in [0.3, 0.4) is 0 Å². The quantitative estimate of drug-likeness (QED) is 0.904. The number of nitrogens with one attached hydrogen (secondary N) is 1. The Hall–Kier alpha value is -1.17. The smallest absolute Gasteiger partial charge is 0.213 e. The highest BCUT2D eigenvalue weighted by Crippen LogP contribution is 2.37. The van der Waals surface area contributed by atoms with Crippen LogP contribution in [0.4, 0.5) is 0 Å². The van der Waals surface area contributed by atoms with Crippen molar-refractivity contribution in [2.75, 3.05) is 13.2 Å². The van der Waals surface area contributed by atoms with Crippen LogP contribution in [0.2, 0.25) is 0 Å². The van der Waals surface area contributed by atoms with Gasteiger partial charge in [0.25, 0.3) is 0 Å². The zero-order chi connectivity index (χ0) is 16.5. The standard InChI is InChI=1S/C18H28N2O3/c1-17(2)10-15(18(3,4)23-17)20-11-13-5-7-19-16(9-13)22-14-6-8-21-12-14/h5,7,9,14-15,20H,6,8,10-12H2,1-4H3. The third kappa shape index (κ3) is 4.22. The van der Waals surface area contributed by atoms with E-state index in [0.717, 1.165) is 26.0 Å². The third-order valence-electron chi connectivity index (χ3n) is 4.60. The second-order valence-electron chi connectivity index (χ2n) is 7.71. The summed E-state index contributed by atoms with van der Waals surface area (Å²) in [5.74, 6) is 0.682. The molecule has 0 spiro atoms. The summed E-state index contributed by atoms with van der Waals surface area (Å²) < 4.78 is 17.3. The minimum absolute atomic E-state index is 0.0733. The van der Waals surface area contributed by atoms with E-state index < -0.39 is 0 Å². The van der Waals surface area contributed by atoms with Gasteiger partial charge in [-0.25, -0.2) is 4.98 Å². The molecule has 5 nitrogen and oxygen atoms in total. The number of nitrogens with zero attached hydrogens (tertiary/aromatic N) is 1. The number of ether oxygens (including phenoxy) is 3. The molecule has 2 aliphatic rings. The van der Waals surface area contributed by atoms with Gasteiger partial charge in [0.15, 0.2) is 0 Å². The molecule has 3 rings (SSSR count). The predicted molar refractivity (Wildman–Crippen MR) is 88.6 cm³/mol. The van der Waals surface area contributed by atoms with E-state index in [1.165, 1.54) is 5.56 Å². The van der Waals surface area contributed by atoms with Crippen molar-refractivity contribution in [2.24, 2.45) is 0 Å². The second kappa shape index (κ2) is 6.38. The van der Waals surface area contributed by atoms with Crippen LogP contribution in [0.1, 0.15) is 46.1 Å². The van der Waals surface area contributed by atoms with Gasteiger partial charge < -0.3 is 19.5 Å². The van der Waals surface area contributed by atoms with E-state index in [9.17, 15) is 0 Å². The molecule has 5 heteroatoms. The van der Waals surface area contributed by atoms with Gasteiger partial charge >= 0.3 is 0 Å². The molecule has 1 aromatic rings. The van der Waals surface area contributed by atoms with E-state index in [-0.39, 0.29) is 17.3 Å². The van der Waals surface area contributed by atoms with E-state index in [2.05, 4.69) is 38.0 Å². The van der Waals surface area contributed by atoms with E-state index in [1.807, 2.05) is 18.3 Å². The maximum atomic E-state index is 6.14. The van der Waals surface area contributed by atoms with Crippen LogP contribution in [0.25, 0.3) is 0 Å². The maximum Gasteiger partial charge on any atom is 0.213 e. The number of hydrogen-bond acceptors (Lipinski definition) is 5. The van der Waals surface area contributed by atoms with Crippen LogP contribution in [-0.4, -0.2) is 41.5 Å². The van der Waals surface area contributed by atoms with Gasteiger partial charge in [-0.3, -0.25) is 0 Å². The fourth-order valence-corrected chi connectivity index (χ4v) is 3.52. The second-order valence-corrected chi connectivity index (χ2v) is 7.71. The van der Waals surface area contributed by atoms with Gasteiger partial charge in [0.05, 0.1) is 24.4 Å². The molecule has 0 aliphatic carbocycles. The number of hydrogen-bond donors (Lipinski definition) is 1. The van der Waals surface area contributed by atoms with Crippen molar-refractivity contribution in [1.29, 1.82) is 0 Å². The molecule has 23 heavy (non-hydrogen) atoms. The Balaban J connectivity index is 1.58. The van der Waals surface area contributed by atoms with Crippen molar-refractivity contribution in [3.63, 3.8) is 0 Å². The number of aromatic nitrogens is 1. The minimum atomic E-state index is -0.156. The average Bonchev–Trinajstić information content (AvgIpc) is 3.02. The molecule has 0 amide bonds. The van der Waals surface area contributed by atoms with Crippen LogP contribution in [-0.2, 0) is 16.0 Å². The first kappa shape index (κ1) is 16.7. The molecule has 2 fully saturated rings. The van der Waals surface area contributed by atoms with Crippen molar-refractivity contribution in [1.82, 2.24) is 10.3 Å². The monoisotopic (exact) mass is 320 g/mol. The van der Waals surface area contributed by atoms with Gasteiger partial charge in [-0.1, -0.05) is 0 Å². The Labute approximate surface area is 138 Å². The predicted octanol–water partition coefficient (Wildman–Crippen LogP) is 2.69. The zero-order valence-electron chi connectivity index (χ0n) is 14.6. The molecule has 2 aliphatic heterocycles. The first-order valence-electron chi connectivity index (χ1n) is 8.47. The van der Waals surface area contributed by atoms with E-state index >= 15 is 0 Å². The Kier molecular flexibility index (Phi) is 4.63. The van der Waals surface area contributed by atoms with Crippen molar-refractivity contribution in [3.8, 4) is 5.88 Å². The molecule has 128 valence electrons. The zero-order valence-corrected chi connectivity index (χ0v) is 14.6. The maximum absolute atomic E-state index is 6.14. The Bertz CT molecular complexity index is 539. The van der Waals surface area contributed by atoms with E-state index in [0.29, 0.717) is 18.5 Å². The molecule has 0 saturated carbocycles. The van der Waals surface area contributed by atoms with E-state index in [1.54, 1.807) is 0 Å². The largest absolute Gasteiger partial charge is 0.472 e. The van der Waals surface area contributed by atoms with Crippen molar-refractivity contribution in [3.05, 3.63) is 23.9 Å². The fraction of sp³-hybridized carbons (Fsp3) is 0.722. The lowest BCUT2D eigenvalue weighted by Crippen LogP contribution is -2.42. The molecule has 1 aromatic heterocycles. The van der Waals surface area contributed by atoms with Crippen LogP contribution in [0.5, 0.6) is 5.88 Å². The summed E-state index contributed by atoms with van der Waals surface area (Å²) in [5, 5.41) is 3.63. The molecule has 0 radical (unpaired) electrons. The molecular formula is C18H28N2O3. The highest BCUT2D eigenvalue weighted by Gasteiger charge is 2.45. The first-order valence-corrected chi connectivity index (χ1v) is 8.47. The summed E-state index contributed by atoms with van der Waals surface area (Å²) in [6.45, 7) is 10.8. The molecule has 0 bridgehead atoms. The van der Waals surface area contributed by atoms with E-state index in [4.69, 9.17) is 14.2 Å². The highest BCUT2D eigenvalue weighted by molar-refractivity contribution is 5.21. The topological polar surface area (TPSA) is 52.6 Å². The number of pyridine rings is 1. The van der Waals surface area contributed by atoms with Crippen molar-refractivity contribution < 1.29 is 14.2 Å². The summed E-state index contributed by atoms with van der Waals surface area (Å²) in [6, 6.07) is 4.37. The Morgan fingerprint density at radius 2 is 2.17 bits per heavy atom. The van der Waals surface area contributed by atoms with Crippen LogP contribution < -0.4 is 10.1 Å².